The van der Waals surface area contributed by atoms with Crippen molar-refractivity contribution in [3.63, 3.8) is 0 Å². The molecule has 7 fully saturated rings. The molecule has 16 rings (SSSR count). The number of rotatable bonds is 22. The van der Waals surface area contributed by atoms with Gasteiger partial charge in [0.15, 0.2) is 10.3 Å². The molecule has 698 valence electrons. The van der Waals surface area contributed by atoms with Crippen molar-refractivity contribution in [2.75, 3.05) is 64.4 Å². The van der Waals surface area contributed by atoms with E-state index in [0.717, 1.165) is 68.9 Å². The first-order chi connectivity index (χ1) is 62.3. The van der Waals surface area contributed by atoms with Gasteiger partial charge in [-0.3, -0.25) is 28.3 Å². The highest BCUT2D eigenvalue weighted by atomic mass is 35.5. The molecule has 4 aliphatic carbocycles. The number of aromatic nitrogens is 4. The van der Waals surface area contributed by atoms with Gasteiger partial charge in [-0.05, 0) is 191 Å². The Morgan fingerprint density at radius 1 is 0.546 bits per heavy atom. The Morgan fingerprint density at radius 3 is 1.41 bits per heavy atom. The third kappa shape index (κ3) is 21.4. The van der Waals surface area contributed by atoms with Gasteiger partial charge in [-0.2, -0.15) is 0 Å². The zero-order valence-corrected chi connectivity index (χ0v) is 77.6. The van der Waals surface area contributed by atoms with Crippen LogP contribution in [0, 0.1) is 35.1 Å². The quantitative estimate of drug-likeness (QED) is 0.0177. The number of anilines is 2. The van der Waals surface area contributed by atoms with Crippen LogP contribution in [0.1, 0.15) is 154 Å². The highest BCUT2D eigenvalue weighted by Crippen LogP contribution is 2.73. The summed E-state index contributed by atoms with van der Waals surface area (Å²) in [4.78, 5) is 131. The van der Waals surface area contributed by atoms with Gasteiger partial charge in [0.2, 0.25) is 38.4 Å². The number of thiazole rings is 2. The third-order valence-corrected chi connectivity index (χ3v) is 32.6. The lowest BCUT2D eigenvalue weighted by Gasteiger charge is -2.31. The molecule has 0 radical (unpaired) electrons. The molecule has 130 heavy (non-hydrogen) atoms. The number of pyridine rings is 2. The van der Waals surface area contributed by atoms with E-state index >= 15 is 0 Å². The van der Waals surface area contributed by atoms with Crippen molar-refractivity contribution in [2.24, 2.45) is 11.8 Å². The SMILES string of the molecule is COc1ccc2c(O[C@@H]3C[C@H]4C(=O)N[C@]5(P(=O)(O)Cc6c(F)cccc6F)C[C@H]5CCOC/C=C/C[C@H](NC(=O)OC5CCCC5)C(=O)N4C3)cc(-c3csc(NC(C)C)n3)nc2c1Cl.COc1ccc2c(O[C@@H]3C[C@H]4C(=O)N[C@]5(P(=O)(O)Cc6c(F)cccc6F)C[C@H]5CCOCCCC[C@H](NC(=O)OC5CCCC5)C(=O)N4C3)cc(-c3csc(NC(C)C)n3)nc2c1Cl. The average Bonchev–Trinajstić information content (AvgIpc) is 1.55. The molecule has 30 nitrogen and oxygen atoms in total. The molecule has 40 heteroatoms. The van der Waals surface area contributed by atoms with E-state index in [0.29, 0.717) is 117 Å². The van der Waals surface area contributed by atoms with E-state index in [1.54, 1.807) is 48.6 Å². The van der Waals surface area contributed by atoms with Crippen LogP contribution < -0.4 is 50.8 Å². The highest BCUT2D eigenvalue weighted by molar-refractivity contribution is 7.59. The number of alkyl carbamates (subject to hydrolysis) is 2. The molecule has 8 heterocycles. The van der Waals surface area contributed by atoms with Crippen LogP contribution in [0.3, 0.4) is 0 Å². The van der Waals surface area contributed by atoms with Crippen LogP contribution in [-0.2, 0) is 59.6 Å². The number of fused-ring (bicyclic) bond motifs is 6. The number of carbonyl (C=O) groups excluding carboxylic acids is 6. The van der Waals surface area contributed by atoms with Crippen LogP contribution >= 0.6 is 60.6 Å². The molecule has 4 aliphatic heterocycles. The number of ether oxygens (including phenoxy) is 8. The Balaban J connectivity index is 0.000000199. The van der Waals surface area contributed by atoms with Crippen molar-refractivity contribution < 1.29 is 103 Å². The van der Waals surface area contributed by atoms with Crippen LogP contribution in [-0.4, -0.2) is 200 Å². The lowest BCUT2D eigenvalue weighted by Crippen LogP contribution is -2.55. The maximum Gasteiger partial charge on any atom is 0.408 e. The number of nitrogens with zero attached hydrogens (tertiary/aromatic N) is 6. The molecule has 3 saturated heterocycles. The van der Waals surface area contributed by atoms with Gasteiger partial charge < -0.3 is 89.4 Å². The normalized spacial score (nSPS) is 25.3. The first kappa shape index (κ1) is 95.1. The van der Waals surface area contributed by atoms with Gasteiger partial charge in [-0.25, -0.2) is 47.1 Å². The first-order valence-corrected chi connectivity index (χ1v) is 50.1. The molecule has 8 N–H and O–H groups in total. The van der Waals surface area contributed by atoms with Gasteiger partial charge in [0.25, 0.3) is 0 Å². The monoisotopic (exact) mass is 1910 g/mol. The second kappa shape index (κ2) is 40.9. The van der Waals surface area contributed by atoms with E-state index in [1.165, 1.54) is 52.8 Å². The summed E-state index contributed by atoms with van der Waals surface area (Å²) in [5.74, 6) is -6.39. The topological polar surface area (TPSA) is 381 Å². The summed E-state index contributed by atoms with van der Waals surface area (Å²) < 4.78 is 136. The minimum atomic E-state index is -4.63. The number of carbonyl (C=O) groups is 6. The second-order valence-electron chi connectivity index (χ2n) is 34.8. The van der Waals surface area contributed by atoms with Crippen LogP contribution in [0.4, 0.5) is 37.4 Å². The summed E-state index contributed by atoms with van der Waals surface area (Å²) in [6.07, 6.45) is 6.20. The zero-order valence-electron chi connectivity index (χ0n) is 72.6. The number of nitrogens with one attached hydrogen (secondary N) is 6. The Morgan fingerprint density at radius 2 is 0.969 bits per heavy atom. The van der Waals surface area contributed by atoms with E-state index in [1.807, 2.05) is 38.5 Å². The summed E-state index contributed by atoms with van der Waals surface area (Å²) in [6.45, 7) is 8.53. The predicted octanol–water partition coefficient (Wildman–Crippen LogP) is 16.6. The molecular formula is C90H106Cl2F4N12O18P2S2. The van der Waals surface area contributed by atoms with Gasteiger partial charge in [-0.1, -0.05) is 47.5 Å². The van der Waals surface area contributed by atoms with Gasteiger partial charge in [0.1, 0.15) is 127 Å². The molecule has 4 aromatic heterocycles. The average molecular weight is 1920 g/mol. The molecule has 8 aliphatic rings. The van der Waals surface area contributed by atoms with Gasteiger partial charge in [0.05, 0.1) is 68.7 Å². The van der Waals surface area contributed by atoms with Crippen LogP contribution in [0.2, 0.25) is 10.0 Å². The van der Waals surface area contributed by atoms with E-state index in [2.05, 4.69) is 31.9 Å². The van der Waals surface area contributed by atoms with Crippen molar-refractivity contribution in [1.82, 2.24) is 51.0 Å². The minimum Gasteiger partial charge on any atom is -0.495 e. The summed E-state index contributed by atoms with van der Waals surface area (Å²) in [7, 11) is -6.26. The van der Waals surface area contributed by atoms with Crippen molar-refractivity contribution >= 4 is 128 Å². The first-order valence-electron chi connectivity index (χ1n) is 43.9. The number of hydrogen-bond donors (Lipinski definition) is 8. The molecule has 12 atom stereocenters. The number of benzene rings is 4. The van der Waals surface area contributed by atoms with Crippen molar-refractivity contribution in [1.29, 1.82) is 0 Å². The van der Waals surface area contributed by atoms with E-state index in [-0.39, 0.29) is 112 Å². The molecule has 0 spiro atoms. The van der Waals surface area contributed by atoms with Crippen molar-refractivity contribution in [3.05, 3.63) is 140 Å². The Kier molecular flexibility index (Phi) is 30.0. The smallest absolute Gasteiger partial charge is 0.408 e. The van der Waals surface area contributed by atoms with Gasteiger partial charge in [0, 0.05) is 89.5 Å². The van der Waals surface area contributed by atoms with Gasteiger partial charge >= 0.3 is 12.2 Å². The molecule has 2 unspecified atom stereocenters. The fraction of sp³-hybridized carbons (Fsp3) is 0.511. The van der Waals surface area contributed by atoms with Crippen molar-refractivity contribution in [3.8, 4) is 45.8 Å². The maximum atomic E-state index is 15.0. The van der Waals surface area contributed by atoms with E-state index in [9.17, 15) is 65.2 Å². The lowest BCUT2D eigenvalue weighted by atomic mass is 10.1. The molecule has 4 saturated carbocycles. The van der Waals surface area contributed by atoms with E-state index < -0.39 is 156 Å². The lowest BCUT2D eigenvalue weighted by molar-refractivity contribution is -0.140. The number of amides is 6. The third-order valence-electron chi connectivity index (χ3n) is 25.1. The molecule has 0 bridgehead atoms. The summed E-state index contributed by atoms with van der Waals surface area (Å²) >= 11 is 16.5. The highest BCUT2D eigenvalue weighted by Gasteiger charge is 2.68. The largest absolute Gasteiger partial charge is 0.495 e. The van der Waals surface area contributed by atoms with Gasteiger partial charge in [-0.15, -0.1) is 22.7 Å². The molecule has 8 aromatic rings. The summed E-state index contributed by atoms with van der Waals surface area (Å²) in [5, 5.41) is 20.8. The molecule has 6 amide bonds. The van der Waals surface area contributed by atoms with Crippen LogP contribution in [0.25, 0.3) is 44.6 Å². The second-order valence-corrected chi connectivity index (χ2v) is 42.3. The van der Waals surface area contributed by atoms with Crippen molar-refractivity contribution in [2.45, 2.75) is 227 Å². The zero-order chi connectivity index (χ0) is 92.1. The van der Waals surface area contributed by atoms with Crippen LogP contribution in [0.15, 0.2) is 95.7 Å². The molecular weight excluding hydrogens is 1810 g/mol. The number of methoxy groups -OCH3 is 2. The van der Waals surface area contributed by atoms with E-state index in [4.69, 9.17) is 81.0 Å². The summed E-state index contributed by atoms with van der Waals surface area (Å²) in [5.41, 5.74) is 1.57. The Labute approximate surface area is 767 Å². The number of hydrogen-bond acceptors (Lipinski definition) is 24. The fourth-order valence-electron chi connectivity index (χ4n) is 18.1. The fourth-order valence-corrected chi connectivity index (χ4v) is 25.4. The Bertz CT molecular complexity index is 5640. The summed E-state index contributed by atoms with van der Waals surface area (Å²) in [6, 6.07) is 12.1. The maximum absolute atomic E-state index is 15.0. The Hall–Kier alpha value is -9.48. The number of halogens is 6. The standard InChI is InChI=1S/C45H54ClF2N6O9PS.C45H52ClF2N6O9PS/c2*1-25(2)49-43-51-35(24-65-43)34-20-38(29-14-15-37(60-3)39(46)40(29)50-34)62-28-19-36-41(55)53-45(64(58,59)23-30-31(47)11-8-12-32(30)48)21-26(45)16-18-61-17-7-6-13-33(42(56)54(36)22-28)52-44(57)63-27-9-4-5-10-27/h8,11-12,14-15,20,24-28,33,36H,4-7,9-10,13,16-19,21-23H2,1-3H3,(H,49,51)(H,52,57)(H,53,55)(H,58,59);6-8,11-12,14-15,20,24-28,33,36H,4-5,9-10,13,16-19,21-23H2,1-3H3,(H,49,51)(H,52,57)(H,53,55)(H,58,59)/b;7-6+/t2*26-,28-,33+,36+,45+/m11/s1. The minimum absolute atomic E-state index is 0.0284. The molecule has 4 aromatic carbocycles. The predicted molar refractivity (Wildman–Crippen MR) is 483 cm³/mol. The van der Waals surface area contributed by atoms with Crippen LogP contribution in [0.5, 0.6) is 23.0 Å².